The molecule has 0 saturated heterocycles. The topological polar surface area (TPSA) is 99.8 Å². The van der Waals surface area contributed by atoms with E-state index in [-0.39, 0.29) is 12.5 Å². The van der Waals surface area contributed by atoms with Crippen molar-refractivity contribution in [2.24, 2.45) is 23.7 Å². The number of aromatic amines is 2. The fourth-order valence-corrected chi connectivity index (χ4v) is 4.01. The molecule has 0 aliphatic heterocycles. The summed E-state index contributed by atoms with van der Waals surface area (Å²) >= 11 is 0. The molecule has 3 N–H and O–H groups in total. The summed E-state index contributed by atoms with van der Waals surface area (Å²) in [6, 6.07) is 0.399. The van der Waals surface area contributed by atoms with Crippen LogP contribution in [-0.2, 0) is 11.3 Å². The van der Waals surface area contributed by atoms with Gasteiger partial charge in [0.1, 0.15) is 0 Å². The summed E-state index contributed by atoms with van der Waals surface area (Å²) in [5.41, 5.74) is -0.902. The van der Waals surface area contributed by atoms with Crippen LogP contribution in [0.1, 0.15) is 25.7 Å². The Hall–Kier alpha value is -1.79. The van der Waals surface area contributed by atoms with Crippen molar-refractivity contribution < 1.29 is 4.79 Å². The monoisotopic (exact) mass is 278 g/mol. The molecule has 0 aromatic carbocycles. The molecule has 4 atom stereocenters. The maximum atomic E-state index is 11.9. The molecule has 3 fully saturated rings. The van der Waals surface area contributed by atoms with Crippen molar-refractivity contribution in [3.63, 3.8) is 0 Å². The van der Waals surface area contributed by atoms with Crippen molar-refractivity contribution in [2.75, 3.05) is 0 Å². The van der Waals surface area contributed by atoms with Gasteiger partial charge < -0.3 is 5.32 Å². The quantitative estimate of drug-likeness (QED) is 0.671. The number of hydrogen-bond acceptors (Lipinski definition) is 3. The second-order valence-electron chi connectivity index (χ2n) is 6.34. The van der Waals surface area contributed by atoms with Gasteiger partial charge in [0.15, 0.2) is 0 Å². The van der Waals surface area contributed by atoms with Crippen molar-refractivity contribution in [1.29, 1.82) is 0 Å². The van der Waals surface area contributed by atoms with Crippen molar-refractivity contribution in [3.05, 3.63) is 21.0 Å². The van der Waals surface area contributed by atoms with Crippen LogP contribution in [-0.4, -0.2) is 26.7 Å². The highest BCUT2D eigenvalue weighted by atomic mass is 16.2. The molecular formula is C13H18N4O3. The van der Waals surface area contributed by atoms with Gasteiger partial charge in [-0.3, -0.25) is 4.79 Å². The Morgan fingerprint density at radius 3 is 2.30 bits per heavy atom. The summed E-state index contributed by atoms with van der Waals surface area (Å²) in [4.78, 5) is 34.5. The molecule has 0 bridgehead atoms. The third kappa shape index (κ3) is 1.83. The first-order valence-electron chi connectivity index (χ1n) is 7.32. The number of fused-ring (bicyclic) bond motifs is 3. The Morgan fingerprint density at radius 2 is 1.70 bits per heavy atom. The minimum atomic E-state index is -0.451. The Balaban J connectivity index is 1.27. The van der Waals surface area contributed by atoms with E-state index in [4.69, 9.17) is 0 Å². The Morgan fingerprint density at radius 1 is 1.10 bits per heavy atom. The van der Waals surface area contributed by atoms with Gasteiger partial charge in [0.25, 0.3) is 0 Å². The minimum Gasteiger partial charge on any atom is -0.353 e. The van der Waals surface area contributed by atoms with E-state index in [1.807, 2.05) is 0 Å². The third-order valence-electron chi connectivity index (χ3n) is 5.13. The summed E-state index contributed by atoms with van der Waals surface area (Å²) in [6.07, 6.45) is 3.45. The fourth-order valence-electron chi connectivity index (χ4n) is 4.01. The maximum Gasteiger partial charge on any atom is 0.344 e. The van der Waals surface area contributed by atoms with Gasteiger partial charge in [0.2, 0.25) is 5.91 Å². The van der Waals surface area contributed by atoms with Crippen LogP contribution in [0.25, 0.3) is 0 Å². The van der Waals surface area contributed by atoms with Crippen LogP contribution in [0.2, 0.25) is 0 Å². The number of carbonyl (C=O) groups is 1. The number of nitrogens with zero attached hydrogens (tertiary/aromatic N) is 1. The van der Waals surface area contributed by atoms with Crippen LogP contribution >= 0.6 is 0 Å². The molecule has 0 spiro atoms. The lowest BCUT2D eigenvalue weighted by Crippen LogP contribution is -2.37. The molecule has 1 heterocycles. The molecule has 4 rings (SSSR count). The predicted molar refractivity (Wildman–Crippen MR) is 70.0 cm³/mol. The SMILES string of the molecule is O=C(CCCn1c(=O)[nH][nH]c1=O)NC1[C@@H]2C[C@@H]2[C@H]2C[C@@H]12. The zero-order valence-electron chi connectivity index (χ0n) is 11.1. The van der Waals surface area contributed by atoms with E-state index in [2.05, 4.69) is 15.5 Å². The second kappa shape index (κ2) is 4.10. The summed E-state index contributed by atoms with van der Waals surface area (Å²) in [5, 5.41) is 7.60. The van der Waals surface area contributed by atoms with Gasteiger partial charge in [0.05, 0.1) is 0 Å². The molecule has 1 amide bonds. The van der Waals surface area contributed by atoms with Crippen LogP contribution < -0.4 is 16.7 Å². The molecule has 0 radical (unpaired) electrons. The van der Waals surface area contributed by atoms with E-state index in [9.17, 15) is 14.4 Å². The van der Waals surface area contributed by atoms with E-state index < -0.39 is 11.4 Å². The first kappa shape index (κ1) is 12.0. The number of amides is 1. The predicted octanol–water partition coefficient (Wildman–Crippen LogP) is -0.584. The normalized spacial score (nSPS) is 36.3. The van der Waals surface area contributed by atoms with E-state index >= 15 is 0 Å². The van der Waals surface area contributed by atoms with Gasteiger partial charge in [0, 0.05) is 19.0 Å². The smallest absolute Gasteiger partial charge is 0.344 e. The van der Waals surface area contributed by atoms with E-state index in [0.29, 0.717) is 18.9 Å². The molecule has 7 heteroatoms. The average Bonchev–Trinajstić information content (AvgIpc) is 3.29. The lowest BCUT2D eigenvalue weighted by molar-refractivity contribution is -0.122. The molecule has 3 aliphatic rings. The number of nitrogens with one attached hydrogen (secondary N) is 3. The van der Waals surface area contributed by atoms with E-state index in [1.165, 1.54) is 12.8 Å². The van der Waals surface area contributed by atoms with Crippen LogP contribution in [0.15, 0.2) is 9.59 Å². The molecule has 3 saturated carbocycles. The maximum absolute atomic E-state index is 11.9. The third-order valence-corrected chi connectivity index (χ3v) is 5.13. The lowest BCUT2D eigenvalue weighted by atomic mass is 10.1. The van der Waals surface area contributed by atoms with Crippen molar-refractivity contribution >= 4 is 5.91 Å². The van der Waals surface area contributed by atoms with Crippen molar-refractivity contribution in [1.82, 2.24) is 20.1 Å². The second-order valence-corrected chi connectivity index (χ2v) is 6.34. The van der Waals surface area contributed by atoms with Crippen LogP contribution in [0.4, 0.5) is 0 Å². The van der Waals surface area contributed by atoms with Gasteiger partial charge in [-0.05, 0) is 42.9 Å². The van der Waals surface area contributed by atoms with Crippen molar-refractivity contribution in [3.8, 4) is 0 Å². The summed E-state index contributed by atoms with van der Waals surface area (Å²) in [5.74, 6) is 3.30. The standard InChI is InChI=1S/C13H18N4O3/c18-10(2-1-3-17-12(19)15-16-13(17)20)14-11-8-4-6(8)7-5-9(7)11/h6-9,11H,1-5H2,(H,14,18)(H,15,19)(H,16,20)/t6-,7-,8-,9-/m1/s1. The average molecular weight is 278 g/mol. The largest absolute Gasteiger partial charge is 0.353 e. The Bertz CT molecular complexity index is 614. The summed E-state index contributed by atoms with van der Waals surface area (Å²) < 4.78 is 1.08. The minimum absolute atomic E-state index is 0.0493. The molecular weight excluding hydrogens is 260 g/mol. The Kier molecular flexibility index (Phi) is 2.46. The zero-order valence-corrected chi connectivity index (χ0v) is 11.1. The molecule has 0 unspecified atom stereocenters. The molecule has 3 aliphatic carbocycles. The molecule has 1 aromatic heterocycles. The molecule has 108 valence electrons. The highest BCUT2D eigenvalue weighted by Gasteiger charge is 2.67. The highest BCUT2D eigenvalue weighted by molar-refractivity contribution is 5.76. The molecule has 1 aromatic rings. The molecule has 7 nitrogen and oxygen atoms in total. The van der Waals surface area contributed by atoms with E-state index in [1.54, 1.807) is 0 Å². The summed E-state index contributed by atoms with van der Waals surface area (Å²) in [6.45, 7) is 0.272. The zero-order chi connectivity index (χ0) is 13.9. The first-order valence-corrected chi connectivity index (χ1v) is 7.32. The number of hydrogen-bond donors (Lipinski definition) is 3. The number of carbonyl (C=O) groups excluding carboxylic acids is 1. The fraction of sp³-hybridized carbons (Fsp3) is 0.769. The van der Waals surface area contributed by atoms with Gasteiger partial charge in [-0.1, -0.05) is 0 Å². The van der Waals surface area contributed by atoms with Crippen LogP contribution in [0, 0.1) is 23.7 Å². The number of aromatic nitrogens is 3. The van der Waals surface area contributed by atoms with Crippen LogP contribution in [0.5, 0.6) is 0 Å². The summed E-state index contributed by atoms with van der Waals surface area (Å²) in [7, 11) is 0. The highest BCUT2D eigenvalue weighted by Crippen LogP contribution is 2.69. The van der Waals surface area contributed by atoms with Gasteiger partial charge >= 0.3 is 11.4 Å². The number of H-pyrrole nitrogens is 2. The molecule has 20 heavy (non-hydrogen) atoms. The first-order chi connectivity index (χ1) is 9.65. The van der Waals surface area contributed by atoms with E-state index in [0.717, 1.165) is 28.2 Å². The van der Waals surface area contributed by atoms with Gasteiger partial charge in [-0.15, -0.1) is 0 Å². The van der Waals surface area contributed by atoms with Crippen LogP contribution in [0.3, 0.4) is 0 Å². The lowest BCUT2D eigenvalue weighted by Gasteiger charge is -2.15. The Labute approximate surface area is 114 Å². The van der Waals surface area contributed by atoms with Gasteiger partial charge in [-0.2, -0.15) is 0 Å². The van der Waals surface area contributed by atoms with Gasteiger partial charge in [-0.25, -0.2) is 24.4 Å². The number of rotatable bonds is 5. The van der Waals surface area contributed by atoms with Crippen molar-refractivity contribution in [2.45, 2.75) is 38.3 Å².